The monoisotopic (exact) mass is 332 g/mol. The smallest absolute Gasteiger partial charge is 0.303 e. The standard InChI is InChI=1S/C17H33O4P/c1-2-13-22(14-9-5-3-7-11-16(18)19)15-10-6-4-8-12-17(20)21/h2-15H2,1H3,(H,18,19)(H,20,21). The Balaban J connectivity index is 3.55. The van der Waals surface area contributed by atoms with Crippen LogP contribution in [0.25, 0.3) is 0 Å². The Labute approximate surface area is 136 Å². The highest BCUT2D eigenvalue weighted by Gasteiger charge is 2.07. The first-order valence-electron chi connectivity index (χ1n) is 8.72. The Kier molecular flexibility index (Phi) is 14.8. The van der Waals surface area contributed by atoms with Gasteiger partial charge >= 0.3 is 11.9 Å². The van der Waals surface area contributed by atoms with Crippen molar-refractivity contribution in [2.75, 3.05) is 18.5 Å². The second-order valence-corrected chi connectivity index (χ2v) is 8.64. The molecule has 2 N–H and O–H groups in total. The zero-order valence-corrected chi connectivity index (χ0v) is 15.0. The fraction of sp³-hybridized carbons (Fsp3) is 0.882. The highest BCUT2D eigenvalue weighted by molar-refractivity contribution is 7.57. The van der Waals surface area contributed by atoms with Crippen LogP contribution < -0.4 is 0 Å². The van der Waals surface area contributed by atoms with E-state index >= 15 is 0 Å². The maximum Gasteiger partial charge on any atom is 0.303 e. The molecule has 0 radical (unpaired) electrons. The van der Waals surface area contributed by atoms with E-state index in [1.54, 1.807) is 0 Å². The normalized spacial score (nSPS) is 11.0. The average molecular weight is 332 g/mol. The van der Waals surface area contributed by atoms with Gasteiger partial charge in [0, 0.05) is 12.8 Å². The molecule has 0 saturated carbocycles. The summed E-state index contributed by atoms with van der Waals surface area (Å²) in [6.45, 7) is 2.25. The molecule has 0 aromatic carbocycles. The van der Waals surface area contributed by atoms with Crippen LogP contribution in [0.4, 0.5) is 0 Å². The molecule has 0 aliphatic heterocycles. The van der Waals surface area contributed by atoms with Crippen molar-refractivity contribution in [3.63, 3.8) is 0 Å². The zero-order chi connectivity index (χ0) is 16.6. The minimum absolute atomic E-state index is 0.140. The topological polar surface area (TPSA) is 74.6 Å². The van der Waals surface area contributed by atoms with E-state index in [-0.39, 0.29) is 7.92 Å². The van der Waals surface area contributed by atoms with Gasteiger partial charge in [-0.05, 0) is 44.2 Å². The third-order valence-electron chi connectivity index (χ3n) is 3.77. The minimum Gasteiger partial charge on any atom is -0.481 e. The van der Waals surface area contributed by atoms with Crippen molar-refractivity contribution in [2.45, 2.75) is 77.6 Å². The van der Waals surface area contributed by atoms with Crippen LogP contribution in [0.5, 0.6) is 0 Å². The van der Waals surface area contributed by atoms with Gasteiger partial charge in [0.15, 0.2) is 0 Å². The number of rotatable bonds is 16. The molecule has 0 fully saturated rings. The van der Waals surface area contributed by atoms with Gasteiger partial charge in [-0.15, -0.1) is 7.92 Å². The molecular formula is C17H33O4P. The molecule has 0 unspecified atom stereocenters. The van der Waals surface area contributed by atoms with Crippen LogP contribution in [-0.4, -0.2) is 40.6 Å². The molecule has 0 aromatic heterocycles. The van der Waals surface area contributed by atoms with Crippen molar-refractivity contribution in [3.05, 3.63) is 0 Å². The highest BCUT2D eigenvalue weighted by Crippen LogP contribution is 2.38. The van der Waals surface area contributed by atoms with Crippen LogP contribution in [0.15, 0.2) is 0 Å². The van der Waals surface area contributed by atoms with Gasteiger partial charge in [-0.1, -0.05) is 39.0 Å². The highest BCUT2D eigenvalue weighted by atomic mass is 31.1. The summed E-state index contributed by atoms with van der Waals surface area (Å²) in [5.74, 6) is -1.37. The van der Waals surface area contributed by atoms with Crippen molar-refractivity contribution < 1.29 is 19.8 Å². The first-order chi connectivity index (χ1) is 10.6. The molecule has 0 atom stereocenters. The molecule has 0 aliphatic rings. The molecular weight excluding hydrogens is 299 g/mol. The molecule has 0 saturated heterocycles. The van der Waals surface area contributed by atoms with Crippen molar-refractivity contribution in [1.29, 1.82) is 0 Å². The van der Waals surface area contributed by atoms with E-state index in [1.807, 2.05) is 0 Å². The molecule has 22 heavy (non-hydrogen) atoms. The van der Waals surface area contributed by atoms with Crippen LogP contribution in [-0.2, 0) is 9.59 Å². The summed E-state index contributed by atoms with van der Waals surface area (Å²) in [6, 6.07) is 0. The largest absolute Gasteiger partial charge is 0.481 e. The maximum absolute atomic E-state index is 10.4. The lowest BCUT2D eigenvalue weighted by Crippen LogP contribution is -1.97. The van der Waals surface area contributed by atoms with Gasteiger partial charge in [-0.25, -0.2) is 0 Å². The maximum atomic E-state index is 10.4. The number of aliphatic carboxylic acids is 2. The molecule has 0 heterocycles. The minimum atomic E-state index is -0.684. The van der Waals surface area contributed by atoms with Crippen molar-refractivity contribution in [1.82, 2.24) is 0 Å². The van der Waals surface area contributed by atoms with Crippen LogP contribution >= 0.6 is 7.92 Å². The van der Waals surface area contributed by atoms with Crippen molar-refractivity contribution >= 4 is 19.9 Å². The fourth-order valence-electron chi connectivity index (χ4n) is 2.58. The van der Waals surface area contributed by atoms with Gasteiger partial charge in [-0.2, -0.15) is 0 Å². The van der Waals surface area contributed by atoms with Gasteiger partial charge in [0.25, 0.3) is 0 Å². The first-order valence-corrected chi connectivity index (χ1v) is 10.6. The Morgan fingerprint density at radius 3 is 1.45 bits per heavy atom. The fourth-order valence-corrected chi connectivity index (χ4v) is 5.23. The van der Waals surface area contributed by atoms with E-state index < -0.39 is 11.9 Å². The van der Waals surface area contributed by atoms with Crippen LogP contribution in [0.2, 0.25) is 0 Å². The lowest BCUT2D eigenvalue weighted by Gasteiger charge is -2.17. The number of unbranched alkanes of at least 4 members (excludes halogenated alkanes) is 6. The summed E-state index contributed by atoms with van der Waals surface area (Å²) < 4.78 is 0. The van der Waals surface area contributed by atoms with Crippen LogP contribution in [0.1, 0.15) is 77.6 Å². The number of carboxylic acid groups (broad SMARTS) is 2. The summed E-state index contributed by atoms with van der Waals surface area (Å²) in [6.07, 6.45) is 14.4. The summed E-state index contributed by atoms with van der Waals surface area (Å²) in [5.41, 5.74) is 0. The lowest BCUT2D eigenvalue weighted by molar-refractivity contribution is -0.138. The van der Waals surface area contributed by atoms with Crippen LogP contribution in [0.3, 0.4) is 0 Å². The van der Waals surface area contributed by atoms with E-state index in [2.05, 4.69) is 6.92 Å². The van der Waals surface area contributed by atoms with Gasteiger partial charge < -0.3 is 10.2 Å². The summed E-state index contributed by atoms with van der Waals surface area (Å²) in [5, 5.41) is 17.2. The van der Waals surface area contributed by atoms with Crippen LogP contribution in [0, 0.1) is 0 Å². The lowest BCUT2D eigenvalue weighted by atomic mass is 10.1. The molecule has 0 rings (SSSR count). The van der Waals surface area contributed by atoms with E-state index in [1.165, 1.54) is 37.7 Å². The second-order valence-electron chi connectivity index (χ2n) is 5.96. The predicted molar refractivity (Wildman–Crippen MR) is 93.3 cm³/mol. The van der Waals surface area contributed by atoms with E-state index in [4.69, 9.17) is 10.2 Å². The summed E-state index contributed by atoms with van der Waals surface area (Å²) in [7, 11) is 0.140. The zero-order valence-electron chi connectivity index (χ0n) is 14.1. The van der Waals surface area contributed by atoms with Gasteiger partial charge in [0.05, 0.1) is 0 Å². The molecule has 130 valence electrons. The van der Waals surface area contributed by atoms with Gasteiger partial charge in [0.1, 0.15) is 0 Å². The summed E-state index contributed by atoms with van der Waals surface area (Å²) in [4.78, 5) is 20.9. The van der Waals surface area contributed by atoms with Crippen molar-refractivity contribution in [2.24, 2.45) is 0 Å². The molecule has 0 bridgehead atoms. The van der Waals surface area contributed by atoms with E-state index in [0.29, 0.717) is 12.8 Å². The molecule has 0 aromatic rings. The average Bonchev–Trinajstić information content (AvgIpc) is 2.45. The molecule has 0 aliphatic carbocycles. The number of carbonyl (C=O) groups is 2. The van der Waals surface area contributed by atoms with Crippen molar-refractivity contribution in [3.8, 4) is 0 Å². The SMILES string of the molecule is CCCP(CCCCCCC(=O)O)CCCCCCC(=O)O. The Bertz CT molecular complexity index is 268. The predicted octanol–water partition coefficient (Wildman–Crippen LogP) is 4.95. The third-order valence-corrected chi connectivity index (χ3v) is 6.75. The third kappa shape index (κ3) is 15.8. The Hall–Kier alpha value is -0.630. The van der Waals surface area contributed by atoms with E-state index in [9.17, 15) is 9.59 Å². The number of hydrogen-bond donors (Lipinski definition) is 2. The molecule has 0 spiro atoms. The summed E-state index contributed by atoms with van der Waals surface area (Å²) >= 11 is 0. The Morgan fingerprint density at radius 1 is 0.682 bits per heavy atom. The Morgan fingerprint density at radius 2 is 1.09 bits per heavy atom. The quantitative estimate of drug-likeness (QED) is 0.310. The van der Waals surface area contributed by atoms with Gasteiger partial charge in [0.2, 0.25) is 0 Å². The second kappa shape index (κ2) is 15.3. The first kappa shape index (κ1) is 21.4. The molecule has 5 heteroatoms. The van der Waals surface area contributed by atoms with Gasteiger partial charge in [-0.3, -0.25) is 9.59 Å². The number of hydrogen-bond acceptors (Lipinski definition) is 2. The van der Waals surface area contributed by atoms with E-state index in [0.717, 1.165) is 38.5 Å². The molecule has 4 nitrogen and oxygen atoms in total. The molecule has 0 amide bonds. The number of carboxylic acids is 2.